The Morgan fingerprint density at radius 3 is 2.20 bits per heavy atom. The molecule has 0 saturated carbocycles. The highest BCUT2D eigenvalue weighted by molar-refractivity contribution is 7.86. The van der Waals surface area contributed by atoms with Gasteiger partial charge in [-0.25, -0.2) is 4.79 Å². The summed E-state index contributed by atoms with van der Waals surface area (Å²) in [5.74, 6) is -0.0269. The molecule has 2 aromatic carbocycles. The van der Waals surface area contributed by atoms with E-state index in [1.165, 1.54) is 0 Å². The zero-order valence-electron chi connectivity index (χ0n) is 17.5. The average Bonchev–Trinajstić information content (AvgIpc) is 2.64. The fourth-order valence-electron chi connectivity index (χ4n) is 3.25. The van der Waals surface area contributed by atoms with Crippen LogP contribution in [0.15, 0.2) is 36.4 Å². The molecule has 162 valence electrons. The first kappa shape index (κ1) is 21.9. The summed E-state index contributed by atoms with van der Waals surface area (Å²) in [4.78, 5) is 28.6. The first-order valence-corrected chi connectivity index (χ1v) is 11.4. The number of ether oxygens (including phenoxy) is 1. The van der Waals surface area contributed by atoms with Crippen molar-refractivity contribution in [2.24, 2.45) is 0 Å². The monoisotopic (exact) mass is 434 g/mol. The zero-order chi connectivity index (χ0) is 22.1. The van der Waals surface area contributed by atoms with Crippen LogP contribution in [-0.4, -0.2) is 68.3 Å². The van der Waals surface area contributed by atoms with E-state index >= 15 is 0 Å². The number of amides is 2. The molecule has 0 aliphatic carbocycles. The summed E-state index contributed by atoms with van der Waals surface area (Å²) in [5.41, 5.74) is -0.115. The van der Waals surface area contributed by atoms with Crippen molar-refractivity contribution in [1.29, 1.82) is 0 Å². The van der Waals surface area contributed by atoms with Crippen LogP contribution in [0.3, 0.4) is 0 Å². The summed E-state index contributed by atoms with van der Waals surface area (Å²) in [6, 6.07) is 10.2. The minimum atomic E-state index is -3.67. The summed E-state index contributed by atoms with van der Waals surface area (Å²) in [6.07, 6.45) is 0.584. The molecular formula is C21H26N2O6S. The molecule has 1 fully saturated rings. The summed E-state index contributed by atoms with van der Waals surface area (Å²) < 4.78 is 33.2. The van der Waals surface area contributed by atoms with Crippen LogP contribution in [0.1, 0.15) is 31.1 Å². The van der Waals surface area contributed by atoms with Crippen molar-refractivity contribution in [3.63, 3.8) is 0 Å². The number of rotatable bonds is 3. The molecule has 0 atom stereocenters. The zero-order valence-corrected chi connectivity index (χ0v) is 18.4. The number of hydrogen-bond donors (Lipinski definition) is 0. The van der Waals surface area contributed by atoms with Gasteiger partial charge in [0.1, 0.15) is 11.4 Å². The van der Waals surface area contributed by atoms with Crippen molar-refractivity contribution >= 4 is 32.9 Å². The lowest BCUT2D eigenvalue weighted by molar-refractivity contribution is 0.0141. The summed E-state index contributed by atoms with van der Waals surface area (Å²) in [7, 11) is -3.67. The van der Waals surface area contributed by atoms with Crippen molar-refractivity contribution in [1.82, 2.24) is 9.80 Å². The van der Waals surface area contributed by atoms with E-state index in [1.54, 1.807) is 40.1 Å². The molecule has 9 heteroatoms. The maximum Gasteiger partial charge on any atom is 0.410 e. The van der Waals surface area contributed by atoms with Gasteiger partial charge in [-0.2, -0.15) is 8.42 Å². The van der Waals surface area contributed by atoms with Crippen LogP contribution in [0.2, 0.25) is 0 Å². The second-order valence-electron chi connectivity index (χ2n) is 8.24. The standard InChI is InChI=1S/C21H26N2O6S/c1-21(2,3)28-20(25)23-12-10-22(11-13-23)19(24)17-7-5-6-15-8-9-16(14-18(15)17)29-30(4,26)27/h5-9,14H,10-13H2,1-4H3. The lowest BCUT2D eigenvalue weighted by Gasteiger charge is -2.35. The number of carbonyl (C=O) groups is 2. The van der Waals surface area contributed by atoms with Gasteiger partial charge in [0.25, 0.3) is 5.91 Å². The van der Waals surface area contributed by atoms with E-state index in [1.807, 2.05) is 26.8 Å². The Hall–Kier alpha value is -2.81. The van der Waals surface area contributed by atoms with Gasteiger partial charge >= 0.3 is 16.2 Å². The average molecular weight is 435 g/mol. The van der Waals surface area contributed by atoms with Gasteiger partial charge in [0.15, 0.2) is 0 Å². The third-order valence-electron chi connectivity index (χ3n) is 4.55. The second-order valence-corrected chi connectivity index (χ2v) is 9.81. The van der Waals surface area contributed by atoms with Crippen LogP contribution in [0.4, 0.5) is 4.79 Å². The van der Waals surface area contributed by atoms with Gasteiger partial charge in [0.2, 0.25) is 0 Å². The third kappa shape index (κ3) is 5.41. The largest absolute Gasteiger partial charge is 0.444 e. The topological polar surface area (TPSA) is 93.2 Å². The summed E-state index contributed by atoms with van der Waals surface area (Å²) in [6.45, 7) is 6.97. The summed E-state index contributed by atoms with van der Waals surface area (Å²) >= 11 is 0. The van der Waals surface area contributed by atoms with Gasteiger partial charge in [0.05, 0.1) is 6.26 Å². The van der Waals surface area contributed by atoms with Gasteiger partial charge in [-0.15, -0.1) is 0 Å². The van der Waals surface area contributed by atoms with Crippen LogP contribution < -0.4 is 4.18 Å². The molecule has 0 spiro atoms. The highest BCUT2D eigenvalue weighted by atomic mass is 32.2. The van der Waals surface area contributed by atoms with E-state index in [2.05, 4.69) is 0 Å². The van der Waals surface area contributed by atoms with Crippen LogP contribution in [0, 0.1) is 0 Å². The SMILES string of the molecule is CC(C)(C)OC(=O)N1CCN(C(=O)c2cccc3ccc(OS(C)(=O)=O)cc23)CC1. The third-order valence-corrected chi connectivity index (χ3v) is 5.05. The molecule has 2 amide bonds. The van der Waals surface area contributed by atoms with Crippen LogP contribution >= 0.6 is 0 Å². The molecule has 1 aliphatic heterocycles. The van der Waals surface area contributed by atoms with E-state index in [0.29, 0.717) is 37.1 Å². The van der Waals surface area contributed by atoms with Gasteiger partial charge in [0, 0.05) is 31.7 Å². The number of fused-ring (bicyclic) bond motifs is 1. The molecule has 8 nitrogen and oxygen atoms in total. The molecule has 1 heterocycles. The maximum absolute atomic E-state index is 13.1. The van der Waals surface area contributed by atoms with Gasteiger partial charge in [-0.1, -0.05) is 18.2 Å². The molecule has 0 aromatic heterocycles. The van der Waals surface area contributed by atoms with Gasteiger partial charge in [-0.3, -0.25) is 4.79 Å². The Labute approximate surface area is 176 Å². The van der Waals surface area contributed by atoms with E-state index in [-0.39, 0.29) is 17.7 Å². The molecule has 1 aliphatic rings. The van der Waals surface area contributed by atoms with Crippen molar-refractivity contribution in [2.75, 3.05) is 32.4 Å². The molecule has 30 heavy (non-hydrogen) atoms. The minimum Gasteiger partial charge on any atom is -0.444 e. The lowest BCUT2D eigenvalue weighted by Crippen LogP contribution is -2.51. The fourth-order valence-corrected chi connectivity index (χ4v) is 3.71. The van der Waals surface area contributed by atoms with E-state index in [9.17, 15) is 18.0 Å². The molecular weight excluding hydrogens is 408 g/mol. The Kier molecular flexibility index (Phi) is 5.94. The van der Waals surface area contributed by atoms with Crippen LogP contribution in [0.5, 0.6) is 5.75 Å². The second kappa shape index (κ2) is 8.14. The maximum atomic E-state index is 13.1. The van der Waals surface area contributed by atoms with Crippen molar-refractivity contribution in [3.8, 4) is 5.75 Å². The fraction of sp³-hybridized carbons (Fsp3) is 0.429. The number of hydrogen-bond acceptors (Lipinski definition) is 6. The molecule has 0 N–H and O–H groups in total. The molecule has 1 saturated heterocycles. The van der Waals surface area contributed by atoms with E-state index < -0.39 is 15.7 Å². The van der Waals surface area contributed by atoms with Crippen LogP contribution in [-0.2, 0) is 14.9 Å². The predicted molar refractivity (Wildman–Crippen MR) is 113 cm³/mol. The Morgan fingerprint density at radius 1 is 0.967 bits per heavy atom. The van der Waals surface area contributed by atoms with E-state index in [4.69, 9.17) is 8.92 Å². The number of nitrogens with zero attached hydrogens (tertiary/aromatic N) is 2. The van der Waals surface area contributed by atoms with Gasteiger partial charge < -0.3 is 18.7 Å². The normalized spacial score (nSPS) is 15.2. The first-order valence-electron chi connectivity index (χ1n) is 9.62. The number of carbonyl (C=O) groups excluding carboxylic acids is 2. The first-order chi connectivity index (χ1) is 13.9. The minimum absolute atomic E-state index is 0.153. The smallest absolute Gasteiger partial charge is 0.410 e. The Bertz CT molecular complexity index is 1070. The highest BCUT2D eigenvalue weighted by Gasteiger charge is 2.28. The Morgan fingerprint density at radius 2 is 1.60 bits per heavy atom. The Balaban J connectivity index is 1.77. The number of piperazine rings is 1. The van der Waals surface area contributed by atoms with Crippen LogP contribution in [0.25, 0.3) is 10.8 Å². The quantitative estimate of drug-likeness (QED) is 0.690. The van der Waals surface area contributed by atoms with Crippen molar-refractivity contribution < 1.29 is 26.9 Å². The summed E-state index contributed by atoms with van der Waals surface area (Å²) in [5, 5.41) is 1.41. The lowest BCUT2D eigenvalue weighted by atomic mass is 10.0. The predicted octanol–water partition coefficient (Wildman–Crippen LogP) is 2.87. The van der Waals surface area contributed by atoms with E-state index in [0.717, 1.165) is 11.6 Å². The molecule has 0 bridgehead atoms. The molecule has 2 aromatic rings. The highest BCUT2D eigenvalue weighted by Crippen LogP contribution is 2.26. The van der Waals surface area contributed by atoms with Gasteiger partial charge in [-0.05, 0) is 49.7 Å². The van der Waals surface area contributed by atoms with Crippen molar-refractivity contribution in [2.45, 2.75) is 26.4 Å². The molecule has 0 radical (unpaired) electrons. The van der Waals surface area contributed by atoms with Crippen molar-refractivity contribution in [3.05, 3.63) is 42.0 Å². The number of benzene rings is 2. The molecule has 3 rings (SSSR count). The molecule has 0 unspecified atom stereocenters.